The van der Waals surface area contributed by atoms with Crippen molar-refractivity contribution in [3.05, 3.63) is 28.6 Å². The lowest BCUT2D eigenvalue weighted by atomic mass is 10.2. The Morgan fingerprint density at radius 2 is 2.29 bits per heavy atom. The molecule has 0 amide bonds. The molecule has 0 aliphatic carbocycles. The minimum Gasteiger partial charge on any atom is -0.298 e. The summed E-state index contributed by atoms with van der Waals surface area (Å²) < 4.78 is 1.03. The van der Waals surface area contributed by atoms with Gasteiger partial charge < -0.3 is 0 Å². The molecule has 0 unspecified atom stereocenters. The average molecular weight is 287 g/mol. The van der Waals surface area contributed by atoms with Crippen LogP contribution < -0.4 is 0 Å². The maximum absolute atomic E-state index is 10.9. The third-order valence-corrected chi connectivity index (χ3v) is 4.55. The van der Waals surface area contributed by atoms with Crippen molar-refractivity contribution >= 4 is 56.3 Å². The summed E-state index contributed by atoms with van der Waals surface area (Å²) in [5, 5.41) is 1.94. The fourth-order valence-electron chi connectivity index (χ4n) is 1.35. The second-order valence-electron chi connectivity index (χ2n) is 2.88. The van der Waals surface area contributed by atoms with E-state index in [0.29, 0.717) is 5.56 Å². The largest absolute Gasteiger partial charge is 0.298 e. The first-order valence-corrected chi connectivity index (χ1v) is 6.40. The van der Waals surface area contributed by atoms with Crippen LogP contribution in [-0.2, 0) is 5.33 Å². The molecule has 0 aliphatic rings. The molecule has 0 aliphatic heterocycles. The number of hydrogen-bond acceptors (Lipinski definition) is 3. The Morgan fingerprint density at radius 1 is 1.50 bits per heavy atom. The Kier molecular flexibility index (Phi) is 2.95. The molecule has 0 radical (unpaired) electrons. The summed E-state index contributed by atoms with van der Waals surface area (Å²) in [6, 6.07) is 5.95. The molecule has 0 saturated heterocycles. The zero-order valence-electron chi connectivity index (χ0n) is 7.16. The highest BCUT2D eigenvalue weighted by molar-refractivity contribution is 9.08. The van der Waals surface area contributed by atoms with E-state index in [1.807, 2.05) is 12.1 Å². The number of alkyl halides is 1. The van der Waals surface area contributed by atoms with Crippen molar-refractivity contribution < 1.29 is 4.79 Å². The normalized spacial score (nSPS) is 10.7. The van der Waals surface area contributed by atoms with E-state index in [1.165, 1.54) is 4.88 Å². The molecule has 1 aromatic heterocycles. The lowest BCUT2D eigenvalue weighted by molar-refractivity contribution is 0.112. The van der Waals surface area contributed by atoms with E-state index in [2.05, 4.69) is 34.6 Å². The second kappa shape index (κ2) is 4.04. The molecular weight excluding hydrogens is 280 g/mol. The molecule has 2 aromatic rings. The number of thiol groups is 1. The SMILES string of the molecule is O=Cc1c(S)ccc2cc(CBr)sc12. The highest BCUT2D eigenvalue weighted by Crippen LogP contribution is 2.32. The average Bonchev–Trinajstić information content (AvgIpc) is 2.60. The summed E-state index contributed by atoms with van der Waals surface area (Å²) in [4.78, 5) is 12.9. The molecule has 1 heterocycles. The number of fused-ring (bicyclic) bond motifs is 1. The molecule has 2 rings (SSSR count). The van der Waals surface area contributed by atoms with Gasteiger partial charge in [0.25, 0.3) is 0 Å². The summed E-state index contributed by atoms with van der Waals surface area (Å²) in [5.41, 5.74) is 0.697. The van der Waals surface area contributed by atoms with Crippen LogP contribution >= 0.6 is 39.9 Å². The Labute approximate surface area is 99.7 Å². The zero-order valence-corrected chi connectivity index (χ0v) is 10.5. The van der Waals surface area contributed by atoms with Crippen LogP contribution in [0.1, 0.15) is 15.2 Å². The first-order valence-electron chi connectivity index (χ1n) is 4.02. The molecule has 14 heavy (non-hydrogen) atoms. The fourth-order valence-corrected chi connectivity index (χ4v) is 3.18. The van der Waals surface area contributed by atoms with Gasteiger partial charge in [0.1, 0.15) is 0 Å². The highest BCUT2D eigenvalue weighted by atomic mass is 79.9. The Bertz CT molecular complexity index is 490. The Morgan fingerprint density at radius 3 is 2.93 bits per heavy atom. The highest BCUT2D eigenvalue weighted by Gasteiger charge is 2.07. The molecular formula is C10H7BrOS2. The lowest BCUT2D eigenvalue weighted by Crippen LogP contribution is -1.81. The molecule has 0 bridgehead atoms. The van der Waals surface area contributed by atoms with Gasteiger partial charge in [0, 0.05) is 25.4 Å². The maximum Gasteiger partial charge on any atom is 0.152 e. The van der Waals surface area contributed by atoms with Gasteiger partial charge >= 0.3 is 0 Å². The Hall–Kier alpha value is -0.320. The van der Waals surface area contributed by atoms with E-state index < -0.39 is 0 Å². The molecule has 1 aromatic carbocycles. The topological polar surface area (TPSA) is 17.1 Å². The van der Waals surface area contributed by atoms with Crippen molar-refractivity contribution in [1.29, 1.82) is 0 Å². The summed E-state index contributed by atoms with van der Waals surface area (Å²) in [6.07, 6.45) is 0.874. The summed E-state index contributed by atoms with van der Waals surface area (Å²) in [5.74, 6) is 0. The number of benzene rings is 1. The van der Waals surface area contributed by atoms with Gasteiger partial charge in [0.2, 0.25) is 0 Å². The van der Waals surface area contributed by atoms with Gasteiger partial charge in [-0.25, -0.2) is 0 Å². The van der Waals surface area contributed by atoms with E-state index >= 15 is 0 Å². The minimum atomic E-state index is 0.697. The number of aldehydes is 1. The molecule has 0 saturated carbocycles. The van der Waals surface area contributed by atoms with Crippen LogP contribution in [0.15, 0.2) is 23.1 Å². The molecule has 4 heteroatoms. The van der Waals surface area contributed by atoms with Gasteiger partial charge in [-0.3, -0.25) is 4.79 Å². The van der Waals surface area contributed by atoms with Gasteiger partial charge in [0.05, 0.1) is 0 Å². The van der Waals surface area contributed by atoms with Crippen LogP contribution in [0.3, 0.4) is 0 Å². The number of carbonyl (C=O) groups excluding carboxylic acids is 1. The zero-order chi connectivity index (χ0) is 10.1. The van der Waals surface area contributed by atoms with Gasteiger partial charge in [-0.05, 0) is 17.5 Å². The summed E-state index contributed by atoms with van der Waals surface area (Å²) >= 11 is 9.30. The molecule has 0 atom stereocenters. The first kappa shape index (κ1) is 10.2. The van der Waals surface area contributed by atoms with E-state index in [-0.39, 0.29) is 0 Å². The molecule has 0 spiro atoms. The predicted octanol–water partition coefficient (Wildman–Crippen LogP) is 3.90. The number of hydrogen-bond donors (Lipinski definition) is 1. The summed E-state index contributed by atoms with van der Waals surface area (Å²) in [7, 11) is 0. The third-order valence-electron chi connectivity index (χ3n) is 2.00. The lowest BCUT2D eigenvalue weighted by Gasteiger charge is -1.97. The maximum atomic E-state index is 10.9. The number of rotatable bonds is 2. The van der Waals surface area contributed by atoms with Crippen molar-refractivity contribution in [1.82, 2.24) is 0 Å². The van der Waals surface area contributed by atoms with Crippen LogP contribution in [0.25, 0.3) is 10.1 Å². The number of halogens is 1. The van der Waals surface area contributed by atoms with Gasteiger partial charge in [0.15, 0.2) is 6.29 Å². The monoisotopic (exact) mass is 286 g/mol. The van der Waals surface area contributed by atoms with Crippen LogP contribution in [0.4, 0.5) is 0 Å². The van der Waals surface area contributed by atoms with E-state index in [4.69, 9.17) is 0 Å². The smallest absolute Gasteiger partial charge is 0.152 e. The molecule has 1 nitrogen and oxygen atoms in total. The van der Waals surface area contributed by atoms with Gasteiger partial charge in [-0.15, -0.1) is 24.0 Å². The van der Waals surface area contributed by atoms with Crippen LogP contribution in [0.5, 0.6) is 0 Å². The minimum absolute atomic E-state index is 0.697. The van der Waals surface area contributed by atoms with Crippen molar-refractivity contribution in [3.63, 3.8) is 0 Å². The number of carbonyl (C=O) groups is 1. The van der Waals surface area contributed by atoms with Crippen LogP contribution in [-0.4, -0.2) is 6.29 Å². The molecule has 0 N–H and O–H groups in total. The van der Waals surface area contributed by atoms with E-state index in [9.17, 15) is 4.79 Å². The first-order chi connectivity index (χ1) is 6.76. The predicted molar refractivity (Wildman–Crippen MR) is 67.1 cm³/mol. The van der Waals surface area contributed by atoms with Crippen LogP contribution in [0.2, 0.25) is 0 Å². The Balaban J connectivity index is 2.79. The van der Waals surface area contributed by atoms with Gasteiger partial charge in [-0.2, -0.15) is 0 Å². The quantitative estimate of drug-likeness (QED) is 0.503. The van der Waals surface area contributed by atoms with Gasteiger partial charge in [-0.1, -0.05) is 22.0 Å². The summed E-state index contributed by atoms with van der Waals surface area (Å²) in [6.45, 7) is 0. The molecule has 72 valence electrons. The van der Waals surface area contributed by atoms with Crippen molar-refractivity contribution in [2.24, 2.45) is 0 Å². The van der Waals surface area contributed by atoms with E-state index in [1.54, 1.807) is 11.3 Å². The van der Waals surface area contributed by atoms with Crippen molar-refractivity contribution in [2.75, 3.05) is 0 Å². The van der Waals surface area contributed by atoms with Crippen molar-refractivity contribution in [3.8, 4) is 0 Å². The second-order valence-corrected chi connectivity index (χ2v) is 5.06. The number of thiophene rings is 1. The fraction of sp³-hybridized carbons (Fsp3) is 0.100. The van der Waals surface area contributed by atoms with Crippen molar-refractivity contribution in [2.45, 2.75) is 10.2 Å². The van der Waals surface area contributed by atoms with Crippen LogP contribution in [0, 0.1) is 0 Å². The standard InChI is InChI=1S/C10H7BrOS2/c11-4-7-3-6-1-2-9(13)8(5-12)10(6)14-7/h1-3,5,13H,4H2. The van der Waals surface area contributed by atoms with E-state index in [0.717, 1.165) is 26.6 Å². The molecule has 0 fully saturated rings. The third kappa shape index (κ3) is 1.62.